The molecule has 2 aromatic rings. The maximum atomic E-state index is 13.0. The van der Waals surface area contributed by atoms with Gasteiger partial charge in [0, 0.05) is 34.6 Å². The molecule has 0 unspecified atom stereocenters. The third kappa shape index (κ3) is 7.32. The Balaban J connectivity index is 2.04. The lowest BCUT2D eigenvalue weighted by Crippen LogP contribution is -2.47. The molecule has 0 aliphatic rings. The van der Waals surface area contributed by atoms with Crippen LogP contribution >= 0.6 is 27.7 Å². The van der Waals surface area contributed by atoms with Gasteiger partial charge in [0.15, 0.2) is 0 Å². The Morgan fingerprint density at radius 2 is 1.89 bits per heavy atom. The van der Waals surface area contributed by atoms with E-state index in [1.165, 1.54) is 0 Å². The number of carbonyl (C=O) groups excluding carboxylic acids is 2. The first-order valence-electron chi connectivity index (χ1n) is 9.50. The van der Waals surface area contributed by atoms with E-state index in [0.717, 1.165) is 21.4 Å². The SMILES string of the molecule is CCCNC(=O)[C@H](C)N(Cc1cccc(Br)c1)C(=O)CCSc1ccccc1. The van der Waals surface area contributed by atoms with Crippen molar-refractivity contribution in [2.75, 3.05) is 12.3 Å². The molecule has 1 N–H and O–H groups in total. The second-order valence-electron chi connectivity index (χ2n) is 6.53. The number of nitrogens with zero attached hydrogens (tertiary/aromatic N) is 1. The Morgan fingerprint density at radius 3 is 2.57 bits per heavy atom. The van der Waals surface area contributed by atoms with E-state index in [1.54, 1.807) is 23.6 Å². The standard InChI is InChI=1S/C22H27BrN2O2S/c1-3-13-24-22(27)17(2)25(16-18-8-7-9-19(23)15-18)21(26)12-14-28-20-10-5-4-6-11-20/h4-11,15,17H,3,12-14,16H2,1-2H3,(H,24,27)/t17-/m0/s1. The second kappa shape index (κ2) is 11.9. The molecule has 6 heteroatoms. The monoisotopic (exact) mass is 462 g/mol. The van der Waals surface area contributed by atoms with Crippen LogP contribution in [-0.4, -0.2) is 35.1 Å². The summed E-state index contributed by atoms with van der Waals surface area (Å²) < 4.78 is 0.958. The van der Waals surface area contributed by atoms with E-state index in [0.29, 0.717) is 25.3 Å². The largest absolute Gasteiger partial charge is 0.354 e. The highest BCUT2D eigenvalue weighted by Gasteiger charge is 2.25. The van der Waals surface area contributed by atoms with E-state index in [1.807, 2.05) is 61.5 Å². The molecular weight excluding hydrogens is 436 g/mol. The molecule has 28 heavy (non-hydrogen) atoms. The fraction of sp³-hybridized carbons (Fsp3) is 0.364. The van der Waals surface area contributed by atoms with E-state index in [9.17, 15) is 9.59 Å². The fourth-order valence-electron chi connectivity index (χ4n) is 2.73. The average Bonchev–Trinajstić information content (AvgIpc) is 2.70. The molecule has 0 saturated heterocycles. The van der Waals surface area contributed by atoms with Gasteiger partial charge in [0.2, 0.25) is 11.8 Å². The third-order valence-corrected chi connectivity index (χ3v) is 5.79. The predicted molar refractivity (Wildman–Crippen MR) is 119 cm³/mol. The van der Waals surface area contributed by atoms with Crippen LogP contribution < -0.4 is 5.32 Å². The summed E-state index contributed by atoms with van der Waals surface area (Å²) in [6, 6.07) is 17.4. The van der Waals surface area contributed by atoms with Gasteiger partial charge in [-0.1, -0.05) is 53.2 Å². The van der Waals surface area contributed by atoms with Crippen LogP contribution in [0, 0.1) is 0 Å². The van der Waals surface area contributed by atoms with Gasteiger partial charge in [-0.25, -0.2) is 0 Å². The van der Waals surface area contributed by atoms with Crippen molar-refractivity contribution in [2.24, 2.45) is 0 Å². The van der Waals surface area contributed by atoms with Crippen LogP contribution in [-0.2, 0) is 16.1 Å². The molecule has 0 bridgehead atoms. The molecule has 0 radical (unpaired) electrons. The molecule has 4 nitrogen and oxygen atoms in total. The van der Waals surface area contributed by atoms with Crippen molar-refractivity contribution < 1.29 is 9.59 Å². The quantitative estimate of drug-likeness (QED) is 0.512. The second-order valence-corrected chi connectivity index (χ2v) is 8.61. The molecule has 0 spiro atoms. The molecule has 150 valence electrons. The van der Waals surface area contributed by atoms with Crippen LogP contribution in [0.3, 0.4) is 0 Å². The zero-order valence-corrected chi connectivity index (χ0v) is 18.8. The van der Waals surface area contributed by atoms with Crippen molar-refractivity contribution in [2.45, 2.75) is 44.2 Å². The van der Waals surface area contributed by atoms with E-state index in [-0.39, 0.29) is 11.8 Å². The van der Waals surface area contributed by atoms with Crippen LogP contribution in [0.2, 0.25) is 0 Å². The van der Waals surface area contributed by atoms with Gasteiger partial charge in [-0.3, -0.25) is 9.59 Å². The Morgan fingerprint density at radius 1 is 1.14 bits per heavy atom. The van der Waals surface area contributed by atoms with Crippen molar-refractivity contribution in [1.29, 1.82) is 0 Å². The lowest BCUT2D eigenvalue weighted by molar-refractivity contribution is -0.140. The average molecular weight is 463 g/mol. The van der Waals surface area contributed by atoms with Gasteiger partial charge in [0.1, 0.15) is 6.04 Å². The minimum absolute atomic E-state index is 0.0115. The van der Waals surface area contributed by atoms with Gasteiger partial charge in [-0.05, 0) is 43.2 Å². The molecule has 0 saturated carbocycles. The van der Waals surface area contributed by atoms with Crippen molar-refractivity contribution in [3.63, 3.8) is 0 Å². The van der Waals surface area contributed by atoms with Crippen LogP contribution in [0.5, 0.6) is 0 Å². The number of carbonyl (C=O) groups is 2. The minimum atomic E-state index is -0.514. The van der Waals surface area contributed by atoms with Gasteiger partial charge < -0.3 is 10.2 Å². The summed E-state index contributed by atoms with van der Waals surface area (Å²) in [5.74, 6) is 0.560. The molecule has 0 aromatic heterocycles. The lowest BCUT2D eigenvalue weighted by atomic mass is 10.1. The van der Waals surface area contributed by atoms with E-state index in [4.69, 9.17) is 0 Å². The third-order valence-electron chi connectivity index (χ3n) is 4.29. The predicted octanol–water partition coefficient (Wildman–Crippen LogP) is 4.87. The van der Waals surface area contributed by atoms with Crippen LogP contribution in [0.1, 0.15) is 32.3 Å². The molecule has 0 aliphatic carbocycles. The number of rotatable bonds is 10. The maximum Gasteiger partial charge on any atom is 0.242 e. The number of nitrogens with one attached hydrogen (secondary N) is 1. The van der Waals surface area contributed by atoms with Crippen LogP contribution in [0.25, 0.3) is 0 Å². The number of halogens is 1. The summed E-state index contributed by atoms with van der Waals surface area (Å²) in [7, 11) is 0. The number of benzene rings is 2. The highest BCUT2D eigenvalue weighted by molar-refractivity contribution is 9.10. The minimum Gasteiger partial charge on any atom is -0.354 e. The first kappa shape index (κ1) is 22.5. The first-order chi connectivity index (χ1) is 13.5. The Hall–Kier alpha value is -1.79. The Labute approximate surface area is 180 Å². The van der Waals surface area contributed by atoms with Crippen molar-refractivity contribution in [3.8, 4) is 0 Å². The van der Waals surface area contributed by atoms with Gasteiger partial charge in [0.25, 0.3) is 0 Å². The number of hydrogen-bond donors (Lipinski definition) is 1. The molecule has 0 fully saturated rings. The summed E-state index contributed by atoms with van der Waals surface area (Å²) in [4.78, 5) is 28.3. The fourth-order valence-corrected chi connectivity index (χ4v) is 4.04. The zero-order chi connectivity index (χ0) is 20.4. The first-order valence-corrected chi connectivity index (χ1v) is 11.3. The number of amides is 2. The zero-order valence-electron chi connectivity index (χ0n) is 16.4. The molecule has 1 atom stereocenters. The van der Waals surface area contributed by atoms with Crippen molar-refractivity contribution >= 4 is 39.5 Å². The normalized spacial score (nSPS) is 11.7. The van der Waals surface area contributed by atoms with Gasteiger partial charge in [-0.15, -0.1) is 11.8 Å². The summed E-state index contributed by atoms with van der Waals surface area (Å²) >= 11 is 5.12. The van der Waals surface area contributed by atoms with E-state index < -0.39 is 6.04 Å². The molecule has 2 rings (SSSR count). The summed E-state index contributed by atoms with van der Waals surface area (Å²) in [6.45, 7) is 4.84. The highest BCUT2D eigenvalue weighted by Crippen LogP contribution is 2.20. The van der Waals surface area contributed by atoms with Crippen molar-refractivity contribution in [1.82, 2.24) is 10.2 Å². The summed E-state index contributed by atoms with van der Waals surface area (Å²) in [5, 5.41) is 2.90. The van der Waals surface area contributed by atoms with Gasteiger partial charge in [-0.2, -0.15) is 0 Å². The van der Waals surface area contributed by atoms with E-state index >= 15 is 0 Å². The summed E-state index contributed by atoms with van der Waals surface area (Å²) in [6.07, 6.45) is 1.25. The molecular formula is C22H27BrN2O2S. The van der Waals surface area contributed by atoms with Gasteiger partial charge >= 0.3 is 0 Å². The van der Waals surface area contributed by atoms with Gasteiger partial charge in [0.05, 0.1) is 0 Å². The summed E-state index contributed by atoms with van der Waals surface area (Å²) in [5.41, 5.74) is 0.994. The molecule has 2 amide bonds. The molecule has 0 heterocycles. The van der Waals surface area contributed by atoms with Crippen LogP contribution in [0.4, 0.5) is 0 Å². The Kier molecular flexibility index (Phi) is 9.58. The highest BCUT2D eigenvalue weighted by atomic mass is 79.9. The topological polar surface area (TPSA) is 49.4 Å². The lowest BCUT2D eigenvalue weighted by Gasteiger charge is -2.29. The number of hydrogen-bond acceptors (Lipinski definition) is 3. The van der Waals surface area contributed by atoms with E-state index in [2.05, 4.69) is 21.2 Å². The number of thioether (sulfide) groups is 1. The smallest absolute Gasteiger partial charge is 0.242 e. The molecule has 2 aromatic carbocycles. The van der Waals surface area contributed by atoms with Crippen molar-refractivity contribution in [3.05, 3.63) is 64.6 Å². The Bertz CT molecular complexity index is 770. The molecule has 0 aliphatic heterocycles. The van der Waals surface area contributed by atoms with Crippen LogP contribution in [0.15, 0.2) is 64.0 Å². The maximum absolute atomic E-state index is 13.0.